The van der Waals surface area contributed by atoms with Crippen LogP contribution in [0, 0.1) is 5.92 Å². The third kappa shape index (κ3) is 3.73. The molecule has 1 saturated heterocycles. The average molecular weight is 158 g/mol. The van der Waals surface area contributed by atoms with Gasteiger partial charge < -0.3 is 9.47 Å². The molecule has 0 aromatic rings. The van der Waals surface area contributed by atoms with Crippen LogP contribution in [0.2, 0.25) is 0 Å². The summed E-state index contributed by atoms with van der Waals surface area (Å²) in [7, 11) is 0. The predicted molar refractivity (Wildman–Crippen MR) is 44.6 cm³/mol. The fourth-order valence-electron chi connectivity index (χ4n) is 1.28. The van der Waals surface area contributed by atoms with E-state index in [1.807, 2.05) is 0 Å². The van der Waals surface area contributed by atoms with Crippen LogP contribution >= 0.6 is 0 Å². The lowest BCUT2D eigenvalue weighted by Gasteiger charge is -2.09. The molecule has 1 rings (SSSR count). The third-order valence-electron chi connectivity index (χ3n) is 2.00. The normalized spacial score (nSPS) is 24.8. The summed E-state index contributed by atoms with van der Waals surface area (Å²) < 4.78 is 10.7. The fraction of sp³-hybridized carbons (Fsp3) is 1.00. The van der Waals surface area contributed by atoms with Crippen LogP contribution in [0.5, 0.6) is 0 Å². The van der Waals surface area contributed by atoms with Crippen molar-refractivity contribution < 1.29 is 9.47 Å². The zero-order valence-electron chi connectivity index (χ0n) is 7.51. The van der Waals surface area contributed by atoms with E-state index in [1.165, 1.54) is 6.42 Å². The van der Waals surface area contributed by atoms with E-state index in [2.05, 4.69) is 13.8 Å². The second-order valence-electron chi connectivity index (χ2n) is 3.44. The summed E-state index contributed by atoms with van der Waals surface area (Å²) in [6.45, 7) is 6.94. The second kappa shape index (κ2) is 4.73. The lowest BCUT2D eigenvalue weighted by Crippen LogP contribution is -2.09. The van der Waals surface area contributed by atoms with Gasteiger partial charge in [-0.25, -0.2) is 0 Å². The van der Waals surface area contributed by atoms with Gasteiger partial charge in [-0.2, -0.15) is 0 Å². The SMILES string of the molecule is CC(C)OCCC1CCOC1. The van der Waals surface area contributed by atoms with Crippen LogP contribution < -0.4 is 0 Å². The fourth-order valence-corrected chi connectivity index (χ4v) is 1.28. The molecular weight excluding hydrogens is 140 g/mol. The smallest absolute Gasteiger partial charge is 0.0518 e. The van der Waals surface area contributed by atoms with E-state index in [1.54, 1.807) is 0 Å². The van der Waals surface area contributed by atoms with Gasteiger partial charge in [0, 0.05) is 19.8 Å². The number of hydrogen-bond acceptors (Lipinski definition) is 2. The number of ether oxygens (including phenoxy) is 2. The Hall–Kier alpha value is -0.0800. The van der Waals surface area contributed by atoms with E-state index in [-0.39, 0.29) is 0 Å². The molecule has 0 aromatic carbocycles. The highest BCUT2D eigenvalue weighted by Crippen LogP contribution is 2.16. The van der Waals surface area contributed by atoms with Crippen molar-refractivity contribution in [2.24, 2.45) is 5.92 Å². The Bertz CT molecular complexity index is 95.7. The molecule has 11 heavy (non-hydrogen) atoms. The van der Waals surface area contributed by atoms with E-state index in [0.29, 0.717) is 6.10 Å². The zero-order valence-corrected chi connectivity index (χ0v) is 7.51. The van der Waals surface area contributed by atoms with E-state index in [9.17, 15) is 0 Å². The van der Waals surface area contributed by atoms with Gasteiger partial charge in [0.25, 0.3) is 0 Å². The van der Waals surface area contributed by atoms with Crippen LogP contribution in [0.3, 0.4) is 0 Å². The van der Waals surface area contributed by atoms with E-state index in [4.69, 9.17) is 9.47 Å². The molecule has 1 fully saturated rings. The summed E-state index contributed by atoms with van der Waals surface area (Å²) >= 11 is 0. The molecule has 0 radical (unpaired) electrons. The summed E-state index contributed by atoms with van der Waals surface area (Å²) in [5, 5.41) is 0. The topological polar surface area (TPSA) is 18.5 Å². The van der Waals surface area contributed by atoms with Crippen molar-refractivity contribution in [2.75, 3.05) is 19.8 Å². The van der Waals surface area contributed by atoms with Gasteiger partial charge in [-0.1, -0.05) is 0 Å². The molecule has 1 aliphatic rings. The first-order valence-electron chi connectivity index (χ1n) is 4.48. The molecule has 0 aliphatic carbocycles. The first-order valence-corrected chi connectivity index (χ1v) is 4.48. The van der Waals surface area contributed by atoms with Gasteiger partial charge in [-0.05, 0) is 32.6 Å². The molecule has 1 aliphatic heterocycles. The minimum Gasteiger partial charge on any atom is -0.381 e. The Morgan fingerprint density at radius 1 is 1.55 bits per heavy atom. The molecule has 0 aromatic heterocycles. The Kier molecular flexibility index (Phi) is 3.87. The van der Waals surface area contributed by atoms with Gasteiger partial charge in [0.1, 0.15) is 0 Å². The lowest BCUT2D eigenvalue weighted by molar-refractivity contribution is 0.0665. The quantitative estimate of drug-likeness (QED) is 0.621. The molecule has 1 atom stereocenters. The van der Waals surface area contributed by atoms with Crippen LogP contribution in [-0.4, -0.2) is 25.9 Å². The average Bonchev–Trinajstić information content (AvgIpc) is 2.39. The van der Waals surface area contributed by atoms with Gasteiger partial charge in [0.15, 0.2) is 0 Å². The van der Waals surface area contributed by atoms with Crippen molar-refractivity contribution in [3.05, 3.63) is 0 Å². The maximum absolute atomic E-state index is 5.45. The summed E-state index contributed by atoms with van der Waals surface area (Å²) in [4.78, 5) is 0. The molecule has 0 spiro atoms. The molecule has 2 heteroatoms. The van der Waals surface area contributed by atoms with E-state index < -0.39 is 0 Å². The molecule has 0 N–H and O–H groups in total. The van der Waals surface area contributed by atoms with Crippen molar-refractivity contribution in [3.63, 3.8) is 0 Å². The van der Waals surface area contributed by atoms with Gasteiger partial charge >= 0.3 is 0 Å². The second-order valence-corrected chi connectivity index (χ2v) is 3.44. The van der Waals surface area contributed by atoms with Crippen molar-refractivity contribution in [2.45, 2.75) is 32.8 Å². The van der Waals surface area contributed by atoms with Gasteiger partial charge in [0.2, 0.25) is 0 Å². The first-order chi connectivity index (χ1) is 5.29. The molecule has 2 nitrogen and oxygen atoms in total. The maximum atomic E-state index is 5.45. The van der Waals surface area contributed by atoms with Crippen LogP contribution in [0.1, 0.15) is 26.7 Å². The summed E-state index contributed by atoms with van der Waals surface area (Å²) in [5.74, 6) is 0.758. The highest BCUT2D eigenvalue weighted by atomic mass is 16.5. The molecule has 1 heterocycles. The maximum Gasteiger partial charge on any atom is 0.0518 e. The molecule has 0 amide bonds. The van der Waals surface area contributed by atoms with E-state index in [0.717, 1.165) is 32.2 Å². The number of hydrogen-bond donors (Lipinski definition) is 0. The van der Waals surface area contributed by atoms with Gasteiger partial charge in [-0.15, -0.1) is 0 Å². The zero-order chi connectivity index (χ0) is 8.10. The Morgan fingerprint density at radius 2 is 2.36 bits per heavy atom. The van der Waals surface area contributed by atoms with Gasteiger partial charge in [-0.3, -0.25) is 0 Å². The highest BCUT2D eigenvalue weighted by Gasteiger charge is 2.14. The summed E-state index contributed by atoms with van der Waals surface area (Å²) in [6, 6.07) is 0. The molecule has 1 unspecified atom stereocenters. The van der Waals surface area contributed by atoms with Gasteiger partial charge in [0.05, 0.1) is 6.10 Å². The predicted octanol–water partition coefficient (Wildman–Crippen LogP) is 1.84. The summed E-state index contributed by atoms with van der Waals surface area (Å²) in [6.07, 6.45) is 2.76. The molecule has 66 valence electrons. The van der Waals surface area contributed by atoms with Crippen LogP contribution in [0.25, 0.3) is 0 Å². The monoisotopic (exact) mass is 158 g/mol. The van der Waals surface area contributed by atoms with Crippen LogP contribution in [0.15, 0.2) is 0 Å². The molecular formula is C9H18O2. The van der Waals surface area contributed by atoms with Crippen molar-refractivity contribution >= 4 is 0 Å². The number of rotatable bonds is 4. The first kappa shape index (κ1) is 9.01. The lowest BCUT2D eigenvalue weighted by atomic mass is 10.1. The minimum absolute atomic E-state index is 0.373. The third-order valence-corrected chi connectivity index (χ3v) is 2.00. The highest BCUT2D eigenvalue weighted by molar-refractivity contribution is 4.63. The van der Waals surface area contributed by atoms with Crippen LogP contribution in [-0.2, 0) is 9.47 Å². The summed E-state index contributed by atoms with van der Waals surface area (Å²) in [5.41, 5.74) is 0. The largest absolute Gasteiger partial charge is 0.381 e. The standard InChI is InChI=1S/C9H18O2/c1-8(2)11-6-4-9-3-5-10-7-9/h8-9H,3-7H2,1-2H3. The van der Waals surface area contributed by atoms with Crippen molar-refractivity contribution in [1.82, 2.24) is 0 Å². The van der Waals surface area contributed by atoms with E-state index >= 15 is 0 Å². The molecule has 0 saturated carbocycles. The molecule has 0 bridgehead atoms. The van der Waals surface area contributed by atoms with Crippen molar-refractivity contribution in [3.8, 4) is 0 Å². The Balaban J connectivity index is 1.94. The van der Waals surface area contributed by atoms with Crippen molar-refractivity contribution in [1.29, 1.82) is 0 Å². The van der Waals surface area contributed by atoms with Crippen LogP contribution in [0.4, 0.5) is 0 Å². The Labute approximate surface area is 68.9 Å². The Morgan fingerprint density at radius 3 is 2.91 bits per heavy atom. The minimum atomic E-state index is 0.373.